The molecule has 68 valence electrons. The molecule has 0 saturated heterocycles. The van der Waals surface area contributed by atoms with Crippen molar-refractivity contribution in [3.05, 3.63) is 0 Å². The van der Waals surface area contributed by atoms with Crippen molar-refractivity contribution in [2.24, 2.45) is 0 Å². The van der Waals surface area contributed by atoms with Crippen molar-refractivity contribution in [1.29, 1.82) is 0 Å². The van der Waals surface area contributed by atoms with Gasteiger partial charge in [-0.15, -0.1) is 0 Å². The average Bonchev–Trinajstić information content (AvgIpc) is 1.83. The third-order valence-electron chi connectivity index (χ3n) is 0.923. The molecule has 0 aliphatic carbocycles. The molecular weight excluding hydrogens is 214 g/mol. The van der Waals surface area contributed by atoms with Crippen LogP contribution >= 0.6 is 0 Å². The molecule has 0 N–H and O–H groups in total. The van der Waals surface area contributed by atoms with Gasteiger partial charge in [0.05, 0.1) is 5.97 Å². The van der Waals surface area contributed by atoms with Crippen molar-refractivity contribution in [3.8, 4) is 0 Å². The van der Waals surface area contributed by atoms with E-state index in [0.717, 1.165) is 6.92 Å². The SMILES string of the molecule is CC(=O)O[C@@H](CC(=O)[O-])C(=O)[O-].[Na+].[Na+]. The second-order valence-electron chi connectivity index (χ2n) is 1.99. The van der Waals surface area contributed by atoms with E-state index in [1.807, 2.05) is 0 Å². The van der Waals surface area contributed by atoms with Crippen LogP contribution in [0, 0.1) is 0 Å². The molecule has 0 amide bonds. The smallest absolute Gasteiger partial charge is 0.550 e. The van der Waals surface area contributed by atoms with Crippen LogP contribution in [0.25, 0.3) is 0 Å². The van der Waals surface area contributed by atoms with Gasteiger partial charge in [0.15, 0.2) is 0 Å². The van der Waals surface area contributed by atoms with Crippen molar-refractivity contribution in [3.63, 3.8) is 0 Å². The molecule has 0 aromatic carbocycles. The van der Waals surface area contributed by atoms with Gasteiger partial charge >= 0.3 is 65.1 Å². The molecule has 0 aromatic heterocycles. The van der Waals surface area contributed by atoms with E-state index < -0.39 is 30.4 Å². The number of hydrogen-bond acceptors (Lipinski definition) is 6. The van der Waals surface area contributed by atoms with Crippen molar-refractivity contribution in [2.45, 2.75) is 19.4 Å². The molecule has 0 aliphatic heterocycles. The monoisotopic (exact) mass is 220 g/mol. The zero-order valence-corrected chi connectivity index (χ0v) is 12.2. The van der Waals surface area contributed by atoms with Gasteiger partial charge < -0.3 is 24.5 Å². The maximum atomic E-state index is 10.2. The van der Waals surface area contributed by atoms with Gasteiger partial charge in [0.2, 0.25) is 0 Å². The molecule has 6 nitrogen and oxygen atoms in total. The van der Waals surface area contributed by atoms with Crippen LogP contribution in [0.5, 0.6) is 0 Å². The Balaban J connectivity index is -0.000000605. The minimum absolute atomic E-state index is 0. The second-order valence-corrected chi connectivity index (χ2v) is 1.99. The van der Waals surface area contributed by atoms with E-state index in [1.54, 1.807) is 0 Å². The number of carboxylic acids is 2. The van der Waals surface area contributed by atoms with E-state index in [4.69, 9.17) is 0 Å². The van der Waals surface area contributed by atoms with Crippen molar-refractivity contribution in [1.82, 2.24) is 0 Å². The Bertz CT molecular complexity index is 200. The zero-order valence-electron chi connectivity index (χ0n) is 8.23. The number of aliphatic carboxylic acids is 2. The third-order valence-corrected chi connectivity index (χ3v) is 0.923. The summed E-state index contributed by atoms with van der Waals surface area (Å²) < 4.78 is 4.10. The molecule has 14 heavy (non-hydrogen) atoms. The van der Waals surface area contributed by atoms with Gasteiger partial charge in [0.25, 0.3) is 0 Å². The largest absolute Gasteiger partial charge is 1.00 e. The van der Waals surface area contributed by atoms with E-state index in [-0.39, 0.29) is 59.1 Å². The number of carboxylic acid groups (broad SMARTS) is 2. The van der Waals surface area contributed by atoms with Crippen LogP contribution in [0.15, 0.2) is 0 Å². The number of carbonyl (C=O) groups excluding carboxylic acids is 3. The van der Waals surface area contributed by atoms with Gasteiger partial charge in [-0.25, -0.2) is 0 Å². The summed E-state index contributed by atoms with van der Waals surface area (Å²) in [5, 5.41) is 20.0. The standard InChI is InChI=1S/C6H8O6.2Na/c1-3(7)12-4(6(10)11)2-5(8)9;;/h4H,2H2,1H3,(H,8,9)(H,10,11);;/q;2*+1/p-2/t4-;;/m0../s1. The first-order valence-corrected chi connectivity index (χ1v) is 3.01. The predicted octanol–water partition coefficient (Wildman–Crippen LogP) is -9.18. The first-order valence-electron chi connectivity index (χ1n) is 3.01. The normalized spacial score (nSPS) is 10.1. The molecule has 0 radical (unpaired) electrons. The fourth-order valence-corrected chi connectivity index (χ4v) is 0.525. The van der Waals surface area contributed by atoms with Crippen LogP contribution in [0.3, 0.4) is 0 Å². The topological polar surface area (TPSA) is 107 Å². The molecule has 0 unspecified atom stereocenters. The predicted molar refractivity (Wildman–Crippen MR) is 30.2 cm³/mol. The summed E-state index contributed by atoms with van der Waals surface area (Å²) in [4.78, 5) is 30.2. The van der Waals surface area contributed by atoms with Crippen LogP contribution in [-0.4, -0.2) is 24.0 Å². The minimum Gasteiger partial charge on any atom is -0.550 e. The van der Waals surface area contributed by atoms with E-state index in [9.17, 15) is 24.6 Å². The van der Waals surface area contributed by atoms with E-state index >= 15 is 0 Å². The van der Waals surface area contributed by atoms with Crippen molar-refractivity contribution in [2.75, 3.05) is 0 Å². The minimum atomic E-state index is -1.77. The van der Waals surface area contributed by atoms with Gasteiger partial charge in [0, 0.05) is 19.3 Å². The Morgan fingerprint density at radius 2 is 1.64 bits per heavy atom. The number of ether oxygens (including phenoxy) is 1. The fourth-order valence-electron chi connectivity index (χ4n) is 0.525. The zero-order chi connectivity index (χ0) is 9.72. The number of carbonyl (C=O) groups is 3. The van der Waals surface area contributed by atoms with Gasteiger partial charge in [-0.1, -0.05) is 0 Å². The summed E-state index contributed by atoms with van der Waals surface area (Å²) in [6.45, 7) is 0.964. The molecule has 8 heteroatoms. The number of esters is 1. The molecule has 0 spiro atoms. The Kier molecular flexibility index (Phi) is 14.1. The first-order chi connectivity index (χ1) is 5.43. The summed E-state index contributed by atoms with van der Waals surface area (Å²) in [5.41, 5.74) is 0. The molecule has 0 rings (SSSR count). The van der Waals surface area contributed by atoms with Crippen LogP contribution in [0.1, 0.15) is 13.3 Å². The average molecular weight is 220 g/mol. The summed E-state index contributed by atoms with van der Waals surface area (Å²) in [5.74, 6) is -4.26. The maximum absolute atomic E-state index is 10.2. The first kappa shape index (κ1) is 19.9. The van der Waals surface area contributed by atoms with Crippen LogP contribution in [0.4, 0.5) is 0 Å². The molecule has 0 heterocycles. The van der Waals surface area contributed by atoms with Gasteiger partial charge in [-0.2, -0.15) is 0 Å². The summed E-state index contributed by atoms with van der Waals surface area (Å²) in [7, 11) is 0. The summed E-state index contributed by atoms with van der Waals surface area (Å²) in [6, 6.07) is 0. The molecule has 0 saturated carbocycles. The van der Waals surface area contributed by atoms with Gasteiger partial charge in [0.1, 0.15) is 6.10 Å². The molecule has 0 bridgehead atoms. The molecule has 1 atom stereocenters. The van der Waals surface area contributed by atoms with E-state index in [2.05, 4.69) is 4.74 Å². The van der Waals surface area contributed by atoms with Crippen molar-refractivity contribution < 1.29 is 88.4 Å². The van der Waals surface area contributed by atoms with Crippen LogP contribution < -0.4 is 69.3 Å². The Morgan fingerprint density at radius 1 is 1.21 bits per heavy atom. The summed E-state index contributed by atoms with van der Waals surface area (Å²) >= 11 is 0. The Hall–Kier alpha value is 0.410. The van der Waals surface area contributed by atoms with Gasteiger partial charge in [-0.3, -0.25) is 4.79 Å². The van der Waals surface area contributed by atoms with Crippen LogP contribution in [0.2, 0.25) is 0 Å². The van der Waals surface area contributed by atoms with Gasteiger partial charge in [-0.05, 0) is 0 Å². The Labute approximate surface area is 125 Å². The molecule has 0 fully saturated rings. The molecular formula is C6H6Na2O6. The second kappa shape index (κ2) is 9.95. The Morgan fingerprint density at radius 3 is 1.86 bits per heavy atom. The molecule has 0 aromatic rings. The summed E-state index contributed by atoms with van der Waals surface area (Å²) in [6.07, 6.45) is -2.67. The number of hydrogen-bond donors (Lipinski definition) is 0. The molecule has 0 aliphatic rings. The third kappa shape index (κ3) is 10.5. The van der Waals surface area contributed by atoms with E-state index in [1.165, 1.54) is 0 Å². The quantitative estimate of drug-likeness (QED) is 0.344. The van der Waals surface area contributed by atoms with E-state index in [0.29, 0.717) is 0 Å². The van der Waals surface area contributed by atoms with Crippen molar-refractivity contribution >= 4 is 17.9 Å². The fraction of sp³-hybridized carbons (Fsp3) is 0.500. The number of rotatable bonds is 4. The van der Waals surface area contributed by atoms with Crippen LogP contribution in [-0.2, 0) is 19.1 Å². The maximum Gasteiger partial charge on any atom is 1.00 e.